The molecule has 1 aromatic rings. The number of hydrogen-bond acceptors (Lipinski definition) is 3. The zero-order chi connectivity index (χ0) is 16.4. The van der Waals surface area contributed by atoms with Crippen LogP contribution in [-0.4, -0.2) is 39.2 Å². The quantitative estimate of drug-likeness (QED) is 0.692. The molecule has 0 bridgehead atoms. The van der Waals surface area contributed by atoms with Crippen molar-refractivity contribution in [3.8, 4) is 0 Å². The van der Waals surface area contributed by atoms with Gasteiger partial charge in [-0.15, -0.1) is 0 Å². The average Bonchev–Trinajstić information content (AvgIpc) is 3.28. The van der Waals surface area contributed by atoms with Crippen LogP contribution in [0.15, 0.2) is 6.20 Å². The molecule has 1 aliphatic heterocycles. The number of fused-ring (bicyclic) bond motifs is 1. The summed E-state index contributed by atoms with van der Waals surface area (Å²) < 4.78 is 8.95. The fraction of sp³-hybridized carbons (Fsp3) is 0.765. The summed E-state index contributed by atoms with van der Waals surface area (Å²) in [7, 11) is 0. The minimum atomic E-state index is -0.417. The van der Waals surface area contributed by atoms with E-state index in [0.29, 0.717) is 17.8 Å². The lowest BCUT2D eigenvalue weighted by atomic mass is 10.2. The van der Waals surface area contributed by atoms with Crippen LogP contribution < -0.4 is 0 Å². The summed E-state index contributed by atoms with van der Waals surface area (Å²) in [5.74, 6) is 3.78. The third-order valence-corrected chi connectivity index (χ3v) is 5.59. The number of rotatable bonds is 3. The molecule has 1 aromatic heterocycles. The molecule has 23 heavy (non-hydrogen) atoms. The minimum absolute atomic E-state index is 0.167. The van der Waals surface area contributed by atoms with Gasteiger partial charge in [-0.05, 0) is 74.0 Å². The molecule has 3 fully saturated rings. The molecule has 2 saturated carbocycles. The molecule has 126 valence electrons. The van der Waals surface area contributed by atoms with E-state index in [9.17, 15) is 4.79 Å². The van der Waals surface area contributed by atoms with E-state index in [0.717, 1.165) is 29.3 Å². The third-order valence-electron chi connectivity index (χ3n) is 5.07. The first-order valence-corrected chi connectivity index (χ1v) is 9.60. The Labute approximate surface area is 150 Å². The summed E-state index contributed by atoms with van der Waals surface area (Å²) in [5.41, 5.74) is -0.417. The second kappa shape index (κ2) is 5.36. The summed E-state index contributed by atoms with van der Waals surface area (Å²) in [6, 6.07) is 0. The number of aromatic nitrogens is 2. The van der Waals surface area contributed by atoms with Crippen LogP contribution in [0, 0.1) is 21.5 Å². The Bertz CT molecular complexity index is 620. The van der Waals surface area contributed by atoms with E-state index in [1.165, 1.54) is 18.7 Å². The molecule has 3 atom stereocenters. The highest BCUT2D eigenvalue weighted by Crippen LogP contribution is 2.58. The van der Waals surface area contributed by atoms with E-state index in [4.69, 9.17) is 9.72 Å². The Hall–Kier alpha value is -0.790. The number of halogens is 1. The van der Waals surface area contributed by atoms with E-state index >= 15 is 0 Å². The highest BCUT2D eigenvalue weighted by Gasteiger charge is 2.59. The van der Waals surface area contributed by atoms with Crippen LogP contribution >= 0.6 is 22.6 Å². The molecule has 1 unspecified atom stereocenters. The first kappa shape index (κ1) is 15.7. The van der Waals surface area contributed by atoms with E-state index in [2.05, 4.69) is 33.4 Å². The molecule has 2 heterocycles. The maximum atomic E-state index is 12.2. The van der Waals surface area contributed by atoms with Crippen LogP contribution in [0.4, 0.5) is 4.79 Å². The average molecular weight is 429 g/mol. The van der Waals surface area contributed by atoms with Gasteiger partial charge in [0.05, 0.1) is 0 Å². The highest BCUT2D eigenvalue weighted by atomic mass is 127. The van der Waals surface area contributed by atoms with Gasteiger partial charge in [0.2, 0.25) is 0 Å². The maximum Gasteiger partial charge on any atom is 0.410 e. The Kier molecular flexibility index (Phi) is 3.66. The van der Waals surface area contributed by atoms with Gasteiger partial charge in [0.1, 0.15) is 15.1 Å². The molecule has 0 aromatic carbocycles. The van der Waals surface area contributed by atoms with Crippen molar-refractivity contribution in [1.29, 1.82) is 0 Å². The van der Waals surface area contributed by atoms with Crippen LogP contribution in [0.1, 0.15) is 45.4 Å². The largest absolute Gasteiger partial charge is 0.444 e. The zero-order valence-electron chi connectivity index (χ0n) is 14.0. The number of amides is 1. The van der Waals surface area contributed by atoms with E-state index in [1.54, 1.807) is 0 Å². The van der Waals surface area contributed by atoms with E-state index < -0.39 is 5.60 Å². The standard InChI is InChI=1S/C17H24IN3O2/c1-17(2,3)23-16(22)21-7-11-12(8-21)14(11)15-19-13(18)9-20(15)6-10-4-5-10/h9-12,14H,4-8H2,1-3H3/t11-,12+,14?. The van der Waals surface area contributed by atoms with E-state index in [-0.39, 0.29) is 6.09 Å². The summed E-state index contributed by atoms with van der Waals surface area (Å²) in [6.07, 6.45) is 4.74. The normalized spacial score (nSPS) is 29.6. The number of carbonyl (C=O) groups is 1. The molecule has 1 saturated heterocycles. The molecule has 3 aliphatic rings. The first-order chi connectivity index (χ1) is 10.8. The van der Waals surface area contributed by atoms with Crippen molar-refractivity contribution < 1.29 is 9.53 Å². The van der Waals surface area contributed by atoms with Crippen molar-refractivity contribution >= 4 is 28.7 Å². The van der Waals surface area contributed by atoms with Crippen LogP contribution in [0.2, 0.25) is 0 Å². The predicted molar refractivity (Wildman–Crippen MR) is 95.2 cm³/mol. The Balaban J connectivity index is 1.40. The Morgan fingerprint density at radius 2 is 2.00 bits per heavy atom. The zero-order valence-corrected chi connectivity index (χ0v) is 16.1. The lowest BCUT2D eigenvalue weighted by molar-refractivity contribution is 0.0270. The second-order valence-electron chi connectivity index (χ2n) is 8.26. The number of hydrogen-bond donors (Lipinski definition) is 0. The molecule has 4 rings (SSSR count). The van der Waals surface area contributed by atoms with Gasteiger partial charge in [0, 0.05) is 31.7 Å². The van der Waals surface area contributed by atoms with Gasteiger partial charge in [0.15, 0.2) is 0 Å². The molecule has 0 N–H and O–H groups in total. The molecule has 5 nitrogen and oxygen atoms in total. The number of piperidine rings is 1. The number of ether oxygens (including phenoxy) is 1. The Morgan fingerprint density at radius 3 is 2.57 bits per heavy atom. The van der Waals surface area contributed by atoms with Crippen molar-refractivity contribution in [2.45, 2.75) is 51.7 Å². The molecule has 6 heteroatoms. The second-order valence-corrected chi connectivity index (χ2v) is 9.36. The fourth-order valence-corrected chi connectivity index (χ4v) is 4.36. The smallest absolute Gasteiger partial charge is 0.410 e. The van der Waals surface area contributed by atoms with Gasteiger partial charge in [-0.1, -0.05) is 0 Å². The number of carbonyl (C=O) groups excluding carboxylic acids is 1. The summed E-state index contributed by atoms with van der Waals surface area (Å²) in [5, 5.41) is 0. The van der Waals surface area contributed by atoms with Crippen molar-refractivity contribution in [3.63, 3.8) is 0 Å². The SMILES string of the molecule is CC(C)(C)OC(=O)N1C[C@@H]2C(c3nc(I)cn3CC3CC3)[C@@H]2C1. The predicted octanol–water partition coefficient (Wildman–Crippen LogP) is 3.48. The first-order valence-electron chi connectivity index (χ1n) is 8.52. The number of likely N-dealkylation sites (tertiary alicyclic amines) is 1. The van der Waals surface area contributed by atoms with Crippen LogP contribution in [0.5, 0.6) is 0 Å². The third kappa shape index (κ3) is 3.23. The highest BCUT2D eigenvalue weighted by molar-refractivity contribution is 14.1. The number of imidazole rings is 1. The monoisotopic (exact) mass is 429 g/mol. The minimum Gasteiger partial charge on any atom is -0.444 e. The van der Waals surface area contributed by atoms with Crippen LogP contribution in [0.3, 0.4) is 0 Å². The molecule has 0 spiro atoms. The van der Waals surface area contributed by atoms with Gasteiger partial charge in [-0.2, -0.15) is 0 Å². The molecule has 0 radical (unpaired) electrons. The number of nitrogens with zero attached hydrogens (tertiary/aromatic N) is 3. The van der Waals surface area contributed by atoms with Crippen LogP contribution in [0.25, 0.3) is 0 Å². The lowest BCUT2D eigenvalue weighted by Crippen LogP contribution is -2.37. The van der Waals surface area contributed by atoms with Gasteiger partial charge >= 0.3 is 6.09 Å². The fourth-order valence-electron chi connectivity index (χ4n) is 3.77. The summed E-state index contributed by atoms with van der Waals surface area (Å²) in [6.45, 7) is 8.51. The molecular formula is C17H24IN3O2. The molecular weight excluding hydrogens is 405 g/mol. The van der Waals surface area contributed by atoms with Gasteiger partial charge < -0.3 is 14.2 Å². The van der Waals surface area contributed by atoms with Crippen molar-refractivity contribution in [2.75, 3.05) is 13.1 Å². The van der Waals surface area contributed by atoms with Crippen molar-refractivity contribution in [2.24, 2.45) is 17.8 Å². The summed E-state index contributed by atoms with van der Waals surface area (Å²) in [4.78, 5) is 18.8. The molecule has 2 aliphatic carbocycles. The lowest BCUT2D eigenvalue weighted by Gasteiger charge is -2.26. The van der Waals surface area contributed by atoms with Gasteiger partial charge in [0.25, 0.3) is 0 Å². The van der Waals surface area contributed by atoms with Crippen molar-refractivity contribution in [1.82, 2.24) is 14.5 Å². The summed E-state index contributed by atoms with van der Waals surface area (Å²) >= 11 is 2.31. The van der Waals surface area contributed by atoms with Gasteiger partial charge in [-0.3, -0.25) is 0 Å². The van der Waals surface area contributed by atoms with Gasteiger partial charge in [-0.25, -0.2) is 9.78 Å². The van der Waals surface area contributed by atoms with E-state index in [1.807, 2.05) is 25.7 Å². The van der Waals surface area contributed by atoms with Crippen LogP contribution in [-0.2, 0) is 11.3 Å². The maximum absolute atomic E-state index is 12.2. The topological polar surface area (TPSA) is 47.4 Å². The van der Waals surface area contributed by atoms with Crippen molar-refractivity contribution in [3.05, 3.63) is 15.7 Å². The Morgan fingerprint density at radius 1 is 1.35 bits per heavy atom. The molecule has 1 amide bonds.